The minimum atomic E-state index is -4.78. The number of amides is 1. The van der Waals surface area contributed by atoms with E-state index in [9.17, 15) is 22.8 Å². The summed E-state index contributed by atoms with van der Waals surface area (Å²) in [6.45, 7) is 3.22. The monoisotopic (exact) mass is 404 g/mol. The van der Waals surface area contributed by atoms with E-state index < -0.39 is 29.8 Å². The zero-order valence-corrected chi connectivity index (χ0v) is 15.8. The molecule has 0 saturated heterocycles. The lowest BCUT2D eigenvalue weighted by molar-refractivity contribution is -0.139. The molecule has 29 heavy (non-hydrogen) atoms. The van der Waals surface area contributed by atoms with Gasteiger partial charge in [-0.25, -0.2) is 4.68 Å². The maximum absolute atomic E-state index is 12.9. The predicted molar refractivity (Wildman–Crippen MR) is 102 cm³/mol. The van der Waals surface area contributed by atoms with Crippen molar-refractivity contribution in [3.63, 3.8) is 0 Å². The third kappa shape index (κ3) is 4.56. The number of pyridine rings is 1. The molecular weight excluding hydrogens is 385 g/mol. The normalized spacial score (nSPS) is 11.7. The van der Waals surface area contributed by atoms with Crippen LogP contribution >= 0.6 is 0 Å². The topological polar surface area (TPSA) is 68.9 Å². The van der Waals surface area contributed by atoms with E-state index in [-0.39, 0.29) is 6.04 Å². The van der Waals surface area contributed by atoms with Crippen LogP contribution in [0.4, 0.5) is 19.0 Å². The van der Waals surface area contributed by atoms with Gasteiger partial charge in [0.05, 0.1) is 5.69 Å². The molecular formula is C20H19F3N4O2. The number of alkyl halides is 3. The predicted octanol–water partition coefficient (Wildman–Crippen LogP) is 3.95. The highest BCUT2D eigenvalue weighted by molar-refractivity contribution is 5.90. The van der Waals surface area contributed by atoms with Crippen LogP contribution in [-0.4, -0.2) is 20.3 Å². The average Bonchev–Trinajstić information content (AvgIpc) is 3.07. The molecule has 0 fully saturated rings. The van der Waals surface area contributed by atoms with Crippen LogP contribution in [0.15, 0.2) is 59.5 Å². The molecule has 1 N–H and O–H groups in total. The lowest BCUT2D eigenvalue weighted by Crippen LogP contribution is -2.32. The van der Waals surface area contributed by atoms with Crippen molar-refractivity contribution in [2.24, 2.45) is 0 Å². The van der Waals surface area contributed by atoms with E-state index in [1.165, 1.54) is 0 Å². The zero-order valence-electron chi connectivity index (χ0n) is 15.8. The Bertz CT molecular complexity index is 1070. The van der Waals surface area contributed by atoms with Crippen molar-refractivity contribution in [2.45, 2.75) is 32.6 Å². The number of carbonyl (C=O) groups is 1. The summed E-state index contributed by atoms with van der Waals surface area (Å²) in [6, 6.07) is 12.7. The van der Waals surface area contributed by atoms with Crippen LogP contribution in [0.3, 0.4) is 0 Å². The lowest BCUT2D eigenvalue weighted by Gasteiger charge is -2.13. The first kappa shape index (κ1) is 20.4. The van der Waals surface area contributed by atoms with Gasteiger partial charge in [0.1, 0.15) is 17.9 Å². The van der Waals surface area contributed by atoms with Crippen molar-refractivity contribution in [1.82, 2.24) is 14.3 Å². The van der Waals surface area contributed by atoms with E-state index in [1.54, 1.807) is 10.7 Å². The number of nitrogens with zero attached hydrogens (tertiary/aromatic N) is 3. The van der Waals surface area contributed by atoms with E-state index in [0.29, 0.717) is 17.6 Å². The summed E-state index contributed by atoms with van der Waals surface area (Å²) < 4.78 is 41.0. The highest BCUT2D eigenvalue weighted by Crippen LogP contribution is 2.26. The van der Waals surface area contributed by atoms with E-state index >= 15 is 0 Å². The summed E-state index contributed by atoms with van der Waals surface area (Å²) in [5.41, 5.74) is -1.08. The molecule has 0 atom stereocenters. The first-order valence-corrected chi connectivity index (χ1v) is 8.88. The van der Waals surface area contributed by atoms with Gasteiger partial charge in [-0.05, 0) is 26.0 Å². The van der Waals surface area contributed by atoms with Gasteiger partial charge in [-0.15, -0.1) is 0 Å². The van der Waals surface area contributed by atoms with Gasteiger partial charge in [-0.2, -0.15) is 18.3 Å². The van der Waals surface area contributed by atoms with Crippen molar-refractivity contribution in [2.75, 3.05) is 5.32 Å². The number of hydrogen-bond donors (Lipinski definition) is 1. The Hall–Kier alpha value is -3.36. The number of aromatic nitrogens is 3. The fourth-order valence-electron chi connectivity index (χ4n) is 2.85. The van der Waals surface area contributed by atoms with Gasteiger partial charge in [0, 0.05) is 23.9 Å². The molecule has 9 heteroatoms. The molecule has 0 aliphatic heterocycles. The highest BCUT2D eigenvalue weighted by atomic mass is 19.4. The Morgan fingerprint density at radius 2 is 1.83 bits per heavy atom. The van der Waals surface area contributed by atoms with Gasteiger partial charge >= 0.3 is 6.18 Å². The molecule has 3 rings (SSSR count). The Morgan fingerprint density at radius 3 is 2.45 bits per heavy atom. The number of benzene rings is 1. The molecule has 1 aromatic carbocycles. The van der Waals surface area contributed by atoms with Crippen LogP contribution in [0.2, 0.25) is 0 Å². The standard InChI is InChI=1S/C20H19F3N4O2/c1-13(2)27-17(11-16(25-27)14-7-4-3-5-8-14)24-18(28)12-26-10-6-9-15(19(26)29)20(21,22)23/h3-11,13H,12H2,1-2H3,(H,24,28). The SMILES string of the molecule is CC(C)n1nc(-c2ccccc2)cc1NC(=O)Cn1cccc(C(F)(F)F)c1=O. The molecule has 0 aliphatic carbocycles. The summed E-state index contributed by atoms with van der Waals surface area (Å²) in [7, 11) is 0. The van der Waals surface area contributed by atoms with Crippen LogP contribution in [0.25, 0.3) is 11.3 Å². The summed E-state index contributed by atoms with van der Waals surface area (Å²) in [4.78, 5) is 24.4. The third-order valence-electron chi connectivity index (χ3n) is 4.20. The number of anilines is 1. The summed E-state index contributed by atoms with van der Waals surface area (Å²) in [5, 5.41) is 7.13. The molecule has 0 bridgehead atoms. The fraction of sp³-hybridized carbons (Fsp3) is 0.250. The van der Waals surface area contributed by atoms with E-state index in [1.807, 2.05) is 44.2 Å². The molecule has 3 aromatic rings. The molecule has 152 valence electrons. The molecule has 0 spiro atoms. The molecule has 1 amide bonds. The smallest absolute Gasteiger partial charge is 0.309 e. The van der Waals surface area contributed by atoms with Gasteiger partial charge in [0.15, 0.2) is 0 Å². The quantitative estimate of drug-likeness (QED) is 0.700. The first-order chi connectivity index (χ1) is 13.7. The van der Waals surface area contributed by atoms with Gasteiger partial charge in [-0.3, -0.25) is 9.59 Å². The van der Waals surface area contributed by atoms with Gasteiger partial charge in [0.2, 0.25) is 5.91 Å². The van der Waals surface area contributed by atoms with Crippen molar-refractivity contribution < 1.29 is 18.0 Å². The van der Waals surface area contributed by atoms with Crippen LogP contribution in [-0.2, 0) is 17.5 Å². The van der Waals surface area contributed by atoms with Crippen molar-refractivity contribution >= 4 is 11.7 Å². The van der Waals surface area contributed by atoms with Gasteiger partial charge in [-0.1, -0.05) is 30.3 Å². The summed E-state index contributed by atoms with van der Waals surface area (Å²) >= 11 is 0. The lowest BCUT2D eigenvalue weighted by atomic mass is 10.1. The Balaban J connectivity index is 1.85. The second kappa shape index (κ2) is 7.94. The zero-order chi connectivity index (χ0) is 21.2. The fourth-order valence-corrected chi connectivity index (χ4v) is 2.85. The van der Waals surface area contributed by atoms with Crippen LogP contribution in [0.1, 0.15) is 25.5 Å². The highest BCUT2D eigenvalue weighted by Gasteiger charge is 2.34. The number of rotatable bonds is 5. The molecule has 0 unspecified atom stereocenters. The van der Waals surface area contributed by atoms with Crippen molar-refractivity contribution in [3.05, 3.63) is 70.6 Å². The van der Waals surface area contributed by atoms with Crippen molar-refractivity contribution in [3.8, 4) is 11.3 Å². The molecule has 0 aliphatic rings. The Labute approximate surface area is 164 Å². The number of nitrogens with one attached hydrogen (secondary N) is 1. The van der Waals surface area contributed by atoms with Crippen LogP contribution < -0.4 is 10.9 Å². The number of carbonyl (C=O) groups excluding carboxylic acids is 1. The van der Waals surface area contributed by atoms with Crippen LogP contribution in [0, 0.1) is 0 Å². The molecule has 2 aromatic heterocycles. The molecule has 0 radical (unpaired) electrons. The minimum Gasteiger partial charge on any atom is -0.309 e. The summed E-state index contributed by atoms with van der Waals surface area (Å²) in [6.07, 6.45) is -3.64. The Kier molecular flexibility index (Phi) is 5.58. The second-order valence-corrected chi connectivity index (χ2v) is 6.72. The largest absolute Gasteiger partial charge is 0.421 e. The second-order valence-electron chi connectivity index (χ2n) is 6.72. The molecule has 6 nitrogen and oxygen atoms in total. The van der Waals surface area contributed by atoms with E-state index in [2.05, 4.69) is 10.4 Å². The number of halogens is 3. The van der Waals surface area contributed by atoms with E-state index in [0.717, 1.165) is 22.4 Å². The number of hydrogen-bond acceptors (Lipinski definition) is 3. The third-order valence-corrected chi connectivity index (χ3v) is 4.20. The average molecular weight is 404 g/mol. The van der Waals surface area contributed by atoms with E-state index in [4.69, 9.17) is 0 Å². The molecule has 2 heterocycles. The van der Waals surface area contributed by atoms with Gasteiger partial charge < -0.3 is 9.88 Å². The Morgan fingerprint density at radius 1 is 1.14 bits per heavy atom. The maximum atomic E-state index is 12.9. The minimum absolute atomic E-state index is 0.0703. The maximum Gasteiger partial charge on any atom is 0.421 e. The first-order valence-electron chi connectivity index (χ1n) is 8.88. The van der Waals surface area contributed by atoms with Crippen LogP contribution in [0.5, 0.6) is 0 Å². The summed E-state index contributed by atoms with van der Waals surface area (Å²) in [5.74, 6) is -0.239. The molecule has 0 saturated carbocycles. The van der Waals surface area contributed by atoms with Gasteiger partial charge in [0.25, 0.3) is 5.56 Å². The van der Waals surface area contributed by atoms with Crippen molar-refractivity contribution in [1.29, 1.82) is 0 Å².